The van der Waals surface area contributed by atoms with Gasteiger partial charge in [0.25, 0.3) is 0 Å². The average molecular weight is 479 g/mol. The van der Waals surface area contributed by atoms with E-state index in [0.717, 1.165) is 24.0 Å². The van der Waals surface area contributed by atoms with Crippen molar-refractivity contribution >= 4 is 11.9 Å². The molecule has 0 N–H and O–H groups in total. The van der Waals surface area contributed by atoms with E-state index in [1.807, 2.05) is 0 Å². The molecule has 1 aliphatic carbocycles. The zero-order chi connectivity index (χ0) is 25.3. The zero-order valence-electron chi connectivity index (χ0n) is 22.1. The molecule has 0 aliphatic heterocycles. The number of hydrogen-bond acceptors (Lipinski definition) is 4. The van der Waals surface area contributed by atoms with Gasteiger partial charge in [-0.15, -0.1) is 0 Å². The molecule has 0 bridgehead atoms. The summed E-state index contributed by atoms with van der Waals surface area (Å²) in [6.45, 7) is 8.03. The third kappa shape index (κ3) is 6.74. The molecule has 0 spiro atoms. The summed E-state index contributed by atoms with van der Waals surface area (Å²) in [6, 6.07) is 13.1. The van der Waals surface area contributed by atoms with Crippen LogP contribution in [0.4, 0.5) is 0 Å². The first kappa shape index (κ1) is 27.0. The summed E-state index contributed by atoms with van der Waals surface area (Å²) in [5.41, 5.74) is 7.33. The van der Waals surface area contributed by atoms with E-state index in [9.17, 15) is 9.59 Å². The van der Waals surface area contributed by atoms with E-state index in [0.29, 0.717) is 13.2 Å². The SMILES string of the molecule is CCCCCCC1(CCCCCC)c2cc(COC(C)=O)ccc2-c2ccc(COC(C)=O)cc21. The number of fused-ring (bicyclic) bond motifs is 3. The topological polar surface area (TPSA) is 52.6 Å². The van der Waals surface area contributed by atoms with Gasteiger partial charge in [-0.05, 0) is 46.2 Å². The second kappa shape index (κ2) is 12.9. The number of unbranched alkanes of at least 4 members (excludes halogenated alkanes) is 6. The van der Waals surface area contributed by atoms with Gasteiger partial charge in [-0.3, -0.25) is 9.59 Å². The summed E-state index contributed by atoms with van der Waals surface area (Å²) in [6.07, 6.45) is 12.0. The minimum atomic E-state index is -0.255. The van der Waals surface area contributed by atoms with Crippen LogP contribution in [0.5, 0.6) is 0 Å². The molecule has 0 aromatic heterocycles. The van der Waals surface area contributed by atoms with Crippen LogP contribution in [0, 0.1) is 0 Å². The van der Waals surface area contributed by atoms with Crippen LogP contribution >= 0.6 is 0 Å². The van der Waals surface area contributed by atoms with Crippen LogP contribution in [-0.2, 0) is 37.7 Å². The number of rotatable bonds is 14. The first-order valence-electron chi connectivity index (χ1n) is 13.4. The Balaban J connectivity index is 2.06. The van der Waals surface area contributed by atoms with Gasteiger partial charge in [-0.2, -0.15) is 0 Å². The Labute approximate surface area is 211 Å². The van der Waals surface area contributed by atoms with Gasteiger partial charge in [0, 0.05) is 19.3 Å². The summed E-state index contributed by atoms with van der Waals surface area (Å²) in [5.74, 6) is -0.511. The van der Waals surface area contributed by atoms with Gasteiger partial charge in [0.2, 0.25) is 0 Å². The Morgan fingerprint density at radius 1 is 0.657 bits per heavy atom. The van der Waals surface area contributed by atoms with Crippen molar-refractivity contribution in [3.63, 3.8) is 0 Å². The molecule has 1 aliphatic rings. The monoisotopic (exact) mass is 478 g/mol. The summed E-state index contributed by atoms with van der Waals surface area (Å²) >= 11 is 0. The summed E-state index contributed by atoms with van der Waals surface area (Å²) in [5, 5.41) is 0. The predicted octanol–water partition coefficient (Wildman–Crippen LogP) is 8.02. The number of hydrogen-bond donors (Lipinski definition) is 0. The summed E-state index contributed by atoms with van der Waals surface area (Å²) in [7, 11) is 0. The molecular formula is C31H42O4. The lowest BCUT2D eigenvalue weighted by atomic mass is 9.70. The quantitative estimate of drug-likeness (QED) is 0.204. The van der Waals surface area contributed by atoms with Crippen LogP contribution in [0.1, 0.15) is 114 Å². The Morgan fingerprint density at radius 3 is 1.46 bits per heavy atom. The average Bonchev–Trinajstić information content (AvgIpc) is 3.11. The normalized spacial score (nSPS) is 13.3. The molecule has 4 heteroatoms. The molecule has 0 unspecified atom stereocenters. The number of benzene rings is 2. The van der Waals surface area contributed by atoms with Crippen molar-refractivity contribution < 1.29 is 19.1 Å². The van der Waals surface area contributed by atoms with Gasteiger partial charge in [-0.1, -0.05) is 102 Å². The number of ether oxygens (including phenoxy) is 2. The Morgan fingerprint density at radius 2 is 1.09 bits per heavy atom. The molecule has 0 fully saturated rings. The molecule has 2 aromatic carbocycles. The molecule has 0 heterocycles. The summed E-state index contributed by atoms with van der Waals surface area (Å²) in [4.78, 5) is 22.9. The molecule has 35 heavy (non-hydrogen) atoms. The van der Waals surface area contributed by atoms with Gasteiger partial charge < -0.3 is 9.47 Å². The predicted molar refractivity (Wildman–Crippen MR) is 141 cm³/mol. The third-order valence-corrected chi connectivity index (χ3v) is 7.29. The minimum absolute atomic E-state index is 0.0649. The lowest BCUT2D eigenvalue weighted by molar-refractivity contribution is -0.143. The molecular weight excluding hydrogens is 436 g/mol. The highest BCUT2D eigenvalue weighted by molar-refractivity contribution is 5.82. The largest absolute Gasteiger partial charge is 0.461 e. The third-order valence-electron chi connectivity index (χ3n) is 7.29. The van der Waals surface area contributed by atoms with E-state index in [2.05, 4.69) is 50.2 Å². The first-order valence-corrected chi connectivity index (χ1v) is 13.4. The van der Waals surface area contributed by atoms with Crippen molar-refractivity contribution in [1.82, 2.24) is 0 Å². The fourth-order valence-corrected chi connectivity index (χ4v) is 5.51. The maximum atomic E-state index is 11.5. The molecule has 190 valence electrons. The van der Waals surface area contributed by atoms with E-state index < -0.39 is 0 Å². The van der Waals surface area contributed by atoms with Crippen molar-refractivity contribution in [3.05, 3.63) is 58.7 Å². The van der Waals surface area contributed by atoms with Gasteiger partial charge in [0.05, 0.1) is 0 Å². The molecule has 0 saturated heterocycles. The highest BCUT2D eigenvalue weighted by Crippen LogP contribution is 2.54. The lowest BCUT2D eigenvalue weighted by Crippen LogP contribution is -2.26. The maximum absolute atomic E-state index is 11.5. The summed E-state index contributed by atoms with van der Waals surface area (Å²) < 4.78 is 10.7. The van der Waals surface area contributed by atoms with E-state index in [-0.39, 0.29) is 17.4 Å². The van der Waals surface area contributed by atoms with Crippen molar-refractivity contribution in [2.75, 3.05) is 0 Å². The molecule has 0 radical (unpaired) electrons. The number of esters is 2. The van der Waals surface area contributed by atoms with Crippen LogP contribution < -0.4 is 0 Å². The molecule has 2 aromatic rings. The maximum Gasteiger partial charge on any atom is 0.302 e. The van der Waals surface area contributed by atoms with E-state index in [4.69, 9.17) is 9.47 Å². The van der Waals surface area contributed by atoms with Crippen molar-refractivity contribution in [2.24, 2.45) is 0 Å². The highest BCUT2D eigenvalue weighted by Gasteiger charge is 2.42. The van der Waals surface area contributed by atoms with Crippen LogP contribution in [0.15, 0.2) is 36.4 Å². The Hall–Kier alpha value is -2.62. The lowest BCUT2D eigenvalue weighted by Gasteiger charge is -2.33. The molecule has 0 atom stereocenters. The van der Waals surface area contributed by atoms with Gasteiger partial charge >= 0.3 is 11.9 Å². The first-order chi connectivity index (χ1) is 16.9. The zero-order valence-corrected chi connectivity index (χ0v) is 22.1. The van der Waals surface area contributed by atoms with Crippen molar-refractivity contribution in [2.45, 2.75) is 111 Å². The molecule has 0 saturated carbocycles. The second-order valence-electron chi connectivity index (χ2n) is 10.0. The molecule has 4 nitrogen and oxygen atoms in total. The Bertz CT molecular complexity index is 926. The van der Waals surface area contributed by atoms with Crippen LogP contribution in [0.25, 0.3) is 11.1 Å². The second-order valence-corrected chi connectivity index (χ2v) is 10.0. The van der Waals surface area contributed by atoms with Crippen LogP contribution in [0.2, 0.25) is 0 Å². The fraction of sp³-hybridized carbons (Fsp3) is 0.548. The molecule has 0 amide bonds. The fourth-order valence-electron chi connectivity index (χ4n) is 5.51. The van der Waals surface area contributed by atoms with E-state index in [1.165, 1.54) is 87.5 Å². The standard InChI is InChI=1S/C31H42O4/c1-5-7-9-11-17-31(18-12-10-8-6-2)29-19-25(21-34-23(3)32)13-15-27(29)28-16-14-26(20-30(28)31)22-35-24(4)33/h13-16,19-20H,5-12,17-18,21-22H2,1-4H3. The number of carbonyl (C=O) groups is 2. The number of carbonyl (C=O) groups excluding carboxylic acids is 2. The van der Waals surface area contributed by atoms with Crippen molar-refractivity contribution in [3.8, 4) is 11.1 Å². The highest BCUT2D eigenvalue weighted by atomic mass is 16.5. The van der Waals surface area contributed by atoms with Gasteiger partial charge in [-0.25, -0.2) is 0 Å². The Kier molecular flexibility index (Phi) is 9.94. The van der Waals surface area contributed by atoms with E-state index in [1.54, 1.807) is 0 Å². The van der Waals surface area contributed by atoms with Crippen LogP contribution in [0.3, 0.4) is 0 Å². The smallest absolute Gasteiger partial charge is 0.302 e. The molecule has 3 rings (SSSR count). The minimum Gasteiger partial charge on any atom is -0.461 e. The van der Waals surface area contributed by atoms with Crippen molar-refractivity contribution in [1.29, 1.82) is 0 Å². The van der Waals surface area contributed by atoms with Gasteiger partial charge in [0.1, 0.15) is 13.2 Å². The van der Waals surface area contributed by atoms with Gasteiger partial charge in [0.15, 0.2) is 0 Å². The van der Waals surface area contributed by atoms with Crippen LogP contribution in [-0.4, -0.2) is 11.9 Å². The van der Waals surface area contributed by atoms with E-state index >= 15 is 0 Å².